The Morgan fingerprint density at radius 3 is 2.52 bits per heavy atom. The Balaban J connectivity index is 1.87. The minimum absolute atomic E-state index is 0.0724. The van der Waals surface area contributed by atoms with Crippen LogP contribution in [0.3, 0.4) is 0 Å². The average Bonchev–Trinajstić information content (AvgIpc) is 2.73. The molecule has 0 spiro atoms. The highest BCUT2D eigenvalue weighted by molar-refractivity contribution is 5.87. The topological polar surface area (TPSA) is 104 Å². The van der Waals surface area contributed by atoms with Crippen LogP contribution in [0.25, 0.3) is 0 Å². The van der Waals surface area contributed by atoms with Gasteiger partial charge in [-0.15, -0.1) is 0 Å². The lowest BCUT2D eigenvalue weighted by molar-refractivity contribution is -0.124. The van der Waals surface area contributed by atoms with Crippen molar-refractivity contribution in [2.24, 2.45) is 5.92 Å². The first-order valence-corrected chi connectivity index (χ1v) is 9.94. The second-order valence-corrected chi connectivity index (χ2v) is 7.42. The van der Waals surface area contributed by atoms with Crippen LogP contribution in [0.5, 0.6) is 0 Å². The molecule has 1 aromatic rings. The minimum atomic E-state index is -0.791. The summed E-state index contributed by atoms with van der Waals surface area (Å²) in [6, 6.07) is 9.86. The van der Waals surface area contributed by atoms with Crippen LogP contribution in [0.1, 0.15) is 25.8 Å². The van der Waals surface area contributed by atoms with Crippen molar-refractivity contribution in [3.8, 4) is 6.07 Å². The van der Waals surface area contributed by atoms with Crippen LogP contribution in [0.2, 0.25) is 0 Å². The van der Waals surface area contributed by atoms with Crippen LogP contribution in [-0.2, 0) is 20.9 Å². The third-order valence-corrected chi connectivity index (χ3v) is 4.49. The molecule has 1 aromatic carbocycles. The second-order valence-electron chi connectivity index (χ2n) is 7.42. The van der Waals surface area contributed by atoms with Gasteiger partial charge in [-0.25, -0.2) is 4.79 Å². The van der Waals surface area contributed by atoms with Gasteiger partial charge in [-0.1, -0.05) is 44.2 Å². The summed E-state index contributed by atoms with van der Waals surface area (Å²) >= 11 is 0. The van der Waals surface area contributed by atoms with Gasteiger partial charge < -0.3 is 25.0 Å². The number of rotatable bonds is 9. The van der Waals surface area contributed by atoms with Crippen LogP contribution >= 0.6 is 0 Å². The Hall–Kier alpha value is -2.63. The molecule has 1 saturated heterocycles. The molecule has 1 aliphatic heterocycles. The molecule has 2 rings (SSSR count). The number of nitrogens with one attached hydrogen (secondary N) is 2. The van der Waals surface area contributed by atoms with Gasteiger partial charge in [0, 0.05) is 13.1 Å². The highest BCUT2D eigenvalue weighted by Crippen LogP contribution is 2.08. The maximum atomic E-state index is 12.7. The number of carbonyl (C=O) groups excluding carboxylic acids is 2. The fourth-order valence-electron chi connectivity index (χ4n) is 2.96. The van der Waals surface area contributed by atoms with Gasteiger partial charge in [-0.3, -0.25) is 4.79 Å². The molecule has 2 N–H and O–H groups in total. The standard InChI is InChI=1S/C21H30N4O4/c1-16(2)12-19(24-21(27)25-8-10-28-11-9-25)20(26)23-18(13-22)15-29-14-17-6-4-3-5-7-17/h3-7,16,18-19H,8-12,14-15H2,1-2H3,(H,23,26)(H,24,27)/t18-,19+/m1/s1. The molecule has 0 saturated carbocycles. The van der Waals surface area contributed by atoms with Gasteiger partial charge in [0.05, 0.1) is 32.5 Å². The molecule has 8 heteroatoms. The molecule has 1 fully saturated rings. The zero-order valence-corrected chi connectivity index (χ0v) is 17.1. The molecule has 0 bridgehead atoms. The summed E-state index contributed by atoms with van der Waals surface area (Å²) in [5, 5.41) is 14.8. The number of nitriles is 1. The molecule has 8 nitrogen and oxygen atoms in total. The Kier molecular flexibility index (Phi) is 9.41. The largest absolute Gasteiger partial charge is 0.378 e. The Morgan fingerprint density at radius 1 is 1.21 bits per heavy atom. The van der Waals surface area contributed by atoms with Gasteiger partial charge in [0.2, 0.25) is 5.91 Å². The third-order valence-electron chi connectivity index (χ3n) is 4.49. The van der Waals surface area contributed by atoms with Crippen molar-refractivity contribution < 1.29 is 19.1 Å². The van der Waals surface area contributed by atoms with E-state index >= 15 is 0 Å². The first-order valence-electron chi connectivity index (χ1n) is 9.94. The molecule has 0 aromatic heterocycles. The van der Waals surface area contributed by atoms with Gasteiger partial charge in [0.15, 0.2) is 0 Å². The maximum absolute atomic E-state index is 12.7. The second kappa shape index (κ2) is 12.0. The van der Waals surface area contributed by atoms with Crippen molar-refractivity contribution in [3.63, 3.8) is 0 Å². The molecule has 29 heavy (non-hydrogen) atoms. The number of urea groups is 1. The van der Waals surface area contributed by atoms with Crippen LogP contribution in [0.15, 0.2) is 30.3 Å². The molecule has 158 valence electrons. The molecule has 1 heterocycles. The fourth-order valence-corrected chi connectivity index (χ4v) is 2.96. The van der Waals surface area contributed by atoms with Crippen molar-refractivity contribution in [1.29, 1.82) is 5.26 Å². The summed E-state index contributed by atoms with van der Waals surface area (Å²) < 4.78 is 10.8. The lowest BCUT2D eigenvalue weighted by atomic mass is 10.0. The fraction of sp³-hybridized carbons (Fsp3) is 0.571. The lowest BCUT2D eigenvalue weighted by Gasteiger charge is -2.29. The van der Waals surface area contributed by atoms with Crippen molar-refractivity contribution in [2.45, 2.75) is 39.0 Å². The maximum Gasteiger partial charge on any atom is 0.318 e. The summed E-state index contributed by atoms with van der Waals surface area (Å²) in [5.74, 6) is -0.180. The van der Waals surface area contributed by atoms with Gasteiger partial charge in [0.25, 0.3) is 0 Å². The zero-order chi connectivity index (χ0) is 21.1. The number of hydrogen-bond acceptors (Lipinski definition) is 5. The Labute approximate surface area is 172 Å². The summed E-state index contributed by atoms with van der Waals surface area (Å²) in [7, 11) is 0. The van der Waals surface area contributed by atoms with Crippen LogP contribution in [-0.4, -0.2) is 61.8 Å². The van der Waals surface area contributed by atoms with Crippen LogP contribution < -0.4 is 10.6 Å². The molecule has 3 amide bonds. The molecule has 0 unspecified atom stereocenters. The third kappa shape index (κ3) is 8.10. The smallest absolute Gasteiger partial charge is 0.318 e. The van der Waals surface area contributed by atoms with Crippen LogP contribution in [0.4, 0.5) is 4.79 Å². The molecule has 2 atom stereocenters. The molecule has 0 aliphatic carbocycles. The van der Waals surface area contributed by atoms with E-state index in [9.17, 15) is 14.9 Å². The highest BCUT2D eigenvalue weighted by atomic mass is 16.5. The van der Waals surface area contributed by atoms with Gasteiger partial charge in [-0.05, 0) is 17.9 Å². The van der Waals surface area contributed by atoms with Crippen molar-refractivity contribution in [1.82, 2.24) is 15.5 Å². The summed E-state index contributed by atoms with van der Waals surface area (Å²) in [5.41, 5.74) is 0.992. The highest BCUT2D eigenvalue weighted by Gasteiger charge is 2.27. The predicted octanol–water partition coefficient (Wildman–Crippen LogP) is 1.67. The number of nitrogens with zero attached hydrogens (tertiary/aromatic N) is 2. The van der Waals surface area contributed by atoms with E-state index in [0.717, 1.165) is 5.56 Å². The Morgan fingerprint density at radius 2 is 1.90 bits per heavy atom. The summed E-state index contributed by atoms with van der Waals surface area (Å²) in [4.78, 5) is 26.8. The van der Waals surface area contributed by atoms with E-state index in [0.29, 0.717) is 39.3 Å². The van der Waals surface area contributed by atoms with Crippen LogP contribution in [0, 0.1) is 17.2 Å². The molecule has 0 radical (unpaired) electrons. The quantitative estimate of drug-likeness (QED) is 0.654. The SMILES string of the molecule is CC(C)C[C@H](NC(=O)N1CCOCC1)C(=O)N[C@H](C#N)COCc1ccccc1. The van der Waals surface area contributed by atoms with E-state index in [1.165, 1.54) is 0 Å². The number of carbonyl (C=O) groups is 2. The van der Waals surface area contributed by atoms with E-state index in [2.05, 4.69) is 10.6 Å². The number of benzene rings is 1. The van der Waals surface area contributed by atoms with Gasteiger partial charge >= 0.3 is 6.03 Å². The zero-order valence-electron chi connectivity index (χ0n) is 17.1. The van der Waals surface area contributed by atoms with Gasteiger partial charge in [0.1, 0.15) is 12.1 Å². The first-order chi connectivity index (χ1) is 14.0. The summed E-state index contributed by atoms with van der Waals surface area (Å²) in [6.07, 6.45) is 0.477. The molecular formula is C21H30N4O4. The predicted molar refractivity (Wildman–Crippen MR) is 108 cm³/mol. The molecule has 1 aliphatic rings. The Bertz CT molecular complexity index is 684. The minimum Gasteiger partial charge on any atom is -0.378 e. The monoisotopic (exact) mass is 402 g/mol. The van der Waals surface area contributed by atoms with E-state index in [4.69, 9.17) is 9.47 Å². The number of amides is 3. The number of ether oxygens (including phenoxy) is 2. The lowest BCUT2D eigenvalue weighted by Crippen LogP contribution is -2.55. The number of morpholine rings is 1. The normalized spacial score (nSPS) is 16.0. The molecular weight excluding hydrogens is 372 g/mol. The van der Waals surface area contributed by atoms with E-state index in [1.54, 1.807) is 4.90 Å². The van der Waals surface area contributed by atoms with Gasteiger partial charge in [-0.2, -0.15) is 5.26 Å². The average molecular weight is 402 g/mol. The van der Waals surface area contributed by atoms with E-state index < -0.39 is 12.1 Å². The van der Waals surface area contributed by atoms with Crippen molar-refractivity contribution in [3.05, 3.63) is 35.9 Å². The summed E-state index contributed by atoms with van der Waals surface area (Å²) in [6.45, 7) is 6.36. The first kappa shape index (κ1) is 22.7. The van der Waals surface area contributed by atoms with Crippen molar-refractivity contribution >= 4 is 11.9 Å². The van der Waals surface area contributed by atoms with E-state index in [1.807, 2.05) is 50.2 Å². The number of hydrogen-bond donors (Lipinski definition) is 2. The van der Waals surface area contributed by atoms with Crippen molar-refractivity contribution in [2.75, 3.05) is 32.9 Å². The van der Waals surface area contributed by atoms with E-state index in [-0.39, 0.29) is 24.5 Å².